The summed E-state index contributed by atoms with van der Waals surface area (Å²) in [6.07, 6.45) is 16.4. The minimum absolute atomic E-state index is 0.0327. The Bertz CT molecular complexity index is 4250. The molecule has 8 aromatic rings. The number of hydrogen-bond acceptors (Lipinski definition) is 15. The van der Waals surface area contributed by atoms with Crippen LogP contribution < -0.4 is 11.1 Å². The molecule has 97 heavy (non-hydrogen) atoms. The summed E-state index contributed by atoms with van der Waals surface area (Å²) in [6, 6.07) is 23.3. The fourth-order valence-electron chi connectivity index (χ4n) is 12.9. The first kappa shape index (κ1) is 70.7. The van der Waals surface area contributed by atoms with Crippen LogP contribution in [-0.4, -0.2) is 189 Å². The van der Waals surface area contributed by atoms with Crippen LogP contribution >= 0.6 is 0 Å². The number of aromatic nitrogens is 8. The normalized spacial score (nSPS) is 18.5. The molecule has 8 heterocycles. The van der Waals surface area contributed by atoms with Crippen molar-refractivity contribution in [2.45, 2.75) is 129 Å². The first-order valence-electron chi connectivity index (χ1n) is 33.8. The number of carboxylic acid groups (broad SMARTS) is 1. The minimum atomic E-state index is -0.892. The van der Waals surface area contributed by atoms with E-state index >= 15 is 0 Å². The molecule has 4 atom stereocenters. The number of ether oxygens (including phenoxy) is 2. The molecule has 3 amide bonds. The number of esters is 2. The number of amides is 3. The number of imidazole rings is 2. The molecule has 6 aromatic heterocycles. The number of fused-ring (bicyclic) bond motifs is 4. The van der Waals surface area contributed by atoms with Gasteiger partial charge < -0.3 is 63.5 Å². The van der Waals surface area contributed by atoms with E-state index in [2.05, 4.69) is 57.8 Å². The zero-order chi connectivity index (χ0) is 69.6. The van der Waals surface area contributed by atoms with Gasteiger partial charge in [0.05, 0.1) is 46.3 Å². The number of carboxylic acids is 1. The topological polar surface area (TPSA) is 263 Å². The Morgan fingerprint density at radius 3 is 1.47 bits per heavy atom. The number of aliphatic carboxylic acids is 1. The minimum Gasteiger partial charge on any atom is -0.478 e. The van der Waals surface area contributed by atoms with Crippen LogP contribution in [0.3, 0.4) is 0 Å². The molecule has 516 valence electrons. The van der Waals surface area contributed by atoms with Gasteiger partial charge in [-0.2, -0.15) is 0 Å². The summed E-state index contributed by atoms with van der Waals surface area (Å²) < 4.78 is 19.9. The van der Waals surface area contributed by atoms with Crippen molar-refractivity contribution >= 4 is 79.8 Å². The number of piperidine rings is 2. The number of likely N-dealkylation sites (tertiary alicyclic amines) is 2. The van der Waals surface area contributed by atoms with Gasteiger partial charge in [-0.05, 0) is 205 Å². The molecule has 2 saturated heterocycles. The third-order valence-electron chi connectivity index (χ3n) is 17.5. The summed E-state index contributed by atoms with van der Waals surface area (Å²) in [4.78, 5) is 102. The number of aryl methyl sites for hydroxylation is 2. The molecule has 2 saturated carbocycles. The third-order valence-corrected chi connectivity index (χ3v) is 17.5. The summed E-state index contributed by atoms with van der Waals surface area (Å²) in [5, 5.41) is 13.4. The maximum atomic E-state index is 14.1. The van der Waals surface area contributed by atoms with E-state index < -0.39 is 17.2 Å². The van der Waals surface area contributed by atoms with Crippen molar-refractivity contribution in [3.63, 3.8) is 0 Å². The van der Waals surface area contributed by atoms with E-state index in [0.717, 1.165) is 86.3 Å². The van der Waals surface area contributed by atoms with Crippen LogP contribution in [0, 0.1) is 23.7 Å². The summed E-state index contributed by atoms with van der Waals surface area (Å²) in [5.41, 5.74) is 13.7. The summed E-state index contributed by atoms with van der Waals surface area (Å²) in [5.74, 6) is 0.903. The number of benzene rings is 2. The van der Waals surface area contributed by atoms with Gasteiger partial charge in [0, 0.05) is 125 Å². The Hall–Kier alpha value is -9.06. The van der Waals surface area contributed by atoms with E-state index in [1.165, 1.54) is 31.8 Å². The Labute approximate surface area is 567 Å². The molecule has 2 aliphatic carbocycles. The Morgan fingerprint density at radius 2 is 1.04 bits per heavy atom. The smallest absolute Gasteiger partial charge is 0.328 e. The molecule has 12 rings (SSSR count). The summed E-state index contributed by atoms with van der Waals surface area (Å²) in [7, 11) is 11.7. The molecule has 23 nitrogen and oxygen atoms in total. The molecule has 4 aliphatic rings. The monoisotopic (exact) mass is 1320 g/mol. The molecule has 0 spiro atoms. The molecule has 2 aromatic carbocycles. The molecular weight excluding hydrogens is 1230 g/mol. The van der Waals surface area contributed by atoms with E-state index in [4.69, 9.17) is 30.3 Å². The average Bonchev–Trinajstić information content (AvgIpc) is 1.61. The fourth-order valence-corrected chi connectivity index (χ4v) is 12.9. The summed E-state index contributed by atoms with van der Waals surface area (Å²) in [6.45, 7) is 15.9. The van der Waals surface area contributed by atoms with Crippen molar-refractivity contribution in [1.82, 2.24) is 63.1 Å². The predicted molar refractivity (Wildman–Crippen MR) is 376 cm³/mol. The van der Waals surface area contributed by atoms with Crippen molar-refractivity contribution in [3.05, 3.63) is 121 Å². The highest BCUT2D eigenvalue weighted by atomic mass is 16.6. The number of nitrogens with two attached hydrogens (primary N) is 1. The van der Waals surface area contributed by atoms with Crippen LogP contribution in [0.5, 0.6) is 0 Å². The van der Waals surface area contributed by atoms with Crippen molar-refractivity contribution in [2.24, 2.45) is 43.5 Å². The van der Waals surface area contributed by atoms with Gasteiger partial charge in [-0.25, -0.2) is 24.7 Å². The number of rotatable bonds is 19. The molecule has 4 fully saturated rings. The van der Waals surface area contributed by atoms with Crippen LogP contribution in [0.4, 0.5) is 0 Å². The number of carbonyl (C=O) groups is 6. The number of hydrogen-bond donors (Lipinski definition) is 3. The fraction of sp³-hybridized carbons (Fsp3) is 0.486. The van der Waals surface area contributed by atoms with Crippen LogP contribution in [-0.2, 0) is 55.8 Å². The van der Waals surface area contributed by atoms with Gasteiger partial charge in [0.2, 0.25) is 5.91 Å². The quantitative estimate of drug-likeness (QED) is 0.0502. The van der Waals surface area contributed by atoms with Gasteiger partial charge in [0.15, 0.2) is 11.6 Å². The van der Waals surface area contributed by atoms with Crippen LogP contribution in [0.1, 0.15) is 114 Å². The van der Waals surface area contributed by atoms with Crippen LogP contribution in [0.25, 0.3) is 67.2 Å². The predicted octanol–water partition coefficient (Wildman–Crippen LogP) is 9.51. The van der Waals surface area contributed by atoms with Gasteiger partial charge in [-0.15, -0.1) is 0 Å². The van der Waals surface area contributed by atoms with Crippen molar-refractivity contribution < 1.29 is 43.3 Å². The first-order valence-corrected chi connectivity index (χ1v) is 33.8. The lowest BCUT2D eigenvalue weighted by Crippen LogP contribution is -2.52. The molecule has 23 heteroatoms. The van der Waals surface area contributed by atoms with Crippen molar-refractivity contribution in [2.75, 3.05) is 67.5 Å². The molecular formula is C74H96N14O9. The van der Waals surface area contributed by atoms with Gasteiger partial charge in [-0.3, -0.25) is 24.0 Å². The van der Waals surface area contributed by atoms with E-state index in [0.29, 0.717) is 75.1 Å². The second-order valence-electron chi connectivity index (χ2n) is 29.2. The second-order valence-corrected chi connectivity index (χ2v) is 29.2. The molecule has 4 N–H and O–H groups in total. The maximum Gasteiger partial charge on any atom is 0.328 e. The lowest BCUT2D eigenvalue weighted by atomic mass is 9.90. The lowest BCUT2D eigenvalue weighted by Gasteiger charge is -2.38. The SMILES string of the molecule is CN(C)C/C=C/C(=O)N[C@H]1C[C@@H](CC(=O)OC(C)(C)C)CN(C(=O)c2ccc3c(c2)nc(-c2cc4cccnc4n2CC2CC2)n3C)C1.CN(C)C/C=C/C(=O)O.Cn1c(-c2cc3cccnc3n2CC2CC2)nc2cc(C(=O)N3C[C@@H](N)C[C@@H](CC(=O)OC(C)(C)C)C3)ccc21. The van der Waals surface area contributed by atoms with Gasteiger partial charge in [0.25, 0.3) is 11.8 Å². The standard InChI is InChI=1S/C37H47N7O4.C31H38N6O3.C6H11NO2/c1-37(2,3)48-33(46)18-25-17-28(39-32(45)10-8-16-41(4)5)23-43(21-25)36(47)27-13-14-30-29(19-27)40-35(42(30)6)31-20-26-9-7-15-38-34(26)44(31)22-24-11-12-24;1-31(2,3)40-27(38)13-20-12-23(32)18-36(16-20)30(39)22-9-10-25-24(14-22)34-29(35(25)4)26-15-21-6-5-11-33-28(21)37(26)17-19-7-8-19;1-7(2)5-3-4-6(8)9/h7-10,13-15,19-20,24-25,28H,11-12,16-18,21-23H2,1-6H3,(H,39,45);5-6,9-11,14-15,19-20,23H,7-8,12-13,16-18,32H2,1-4H3;3-4H,5H2,1-2H3,(H,8,9)/b10-8+;;4-3+/t25-,28-;20-,23-;/m00./s1. The third kappa shape index (κ3) is 18.7. The first-order chi connectivity index (χ1) is 46.0. The summed E-state index contributed by atoms with van der Waals surface area (Å²) >= 11 is 0. The molecule has 0 bridgehead atoms. The Balaban J connectivity index is 0.000000189. The number of nitrogens with one attached hydrogen (secondary N) is 1. The zero-order valence-corrected chi connectivity index (χ0v) is 58.3. The molecule has 0 radical (unpaired) electrons. The molecule has 0 unspecified atom stereocenters. The van der Waals surface area contributed by atoms with E-state index in [1.54, 1.807) is 22.0 Å². The second kappa shape index (κ2) is 30.1. The van der Waals surface area contributed by atoms with Crippen molar-refractivity contribution in [3.8, 4) is 23.0 Å². The van der Waals surface area contributed by atoms with Gasteiger partial charge in [-0.1, -0.05) is 12.2 Å². The highest BCUT2D eigenvalue weighted by Gasteiger charge is 2.36. The lowest BCUT2D eigenvalue weighted by molar-refractivity contribution is -0.157. The van der Waals surface area contributed by atoms with E-state index in [1.807, 2.05) is 155 Å². The largest absolute Gasteiger partial charge is 0.478 e. The number of likely N-dealkylation sites (N-methyl/N-ethyl adjacent to an activating group) is 2. The van der Waals surface area contributed by atoms with Crippen molar-refractivity contribution in [1.29, 1.82) is 0 Å². The Kier molecular flexibility index (Phi) is 22.0. The average molecular weight is 1330 g/mol. The molecule has 2 aliphatic heterocycles. The zero-order valence-electron chi connectivity index (χ0n) is 58.3. The highest BCUT2D eigenvalue weighted by Crippen LogP contribution is 2.38. The van der Waals surface area contributed by atoms with E-state index in [9.17, 15) is 28.8 Å². The van der Waals surface area contributed by atoms with Crippen LogP contribution in [0.2, 0.25) is 0 Å². The highest BCUT2D eigenvalue weighted by molar-refractivity contribution is 6.00. The Morgan fingerprint density at radius 1 is 0.598 bits per heavy atom. The van der Waals surface area contributed by atoms with Crippen LogP contribution in [0.15, 0.2) is 109 Å². The number of nitrogens with zero attached hydrogens (tertiary/aromatic N) is 12. The number of pyridine rings is 2. The maximum absolute atomic E-state index is 14.1. The van der Waals surface area contributed by atoms with Gasteiger partial charge in [0.1, 0.15) is 22.5 Å². The van der Waals surface area contributed by atoms with Gasteiger partial charge >= 0.3 is 17.9 Å². The van der Waals surface area contributed by atoms with E-state index in [-0.39, 0.29) is 66.4 Å². The number of carbonyl (C=O) groups excluding carboxylic acids is 5.